The van der Waals surface area contributed by atoms with Gasteiger partial charge in [0.15, 0.2) is 0 Å². The van der Waals surface area contributed by atoms with Gasteiger partial charge in [-0.05, 0) is 62.3 Å². The van der Waals surface area contributed by atoms with Crippen molar-refractivity contribution in [2.24, 2.45) is 0 Å². The number of rotatable bonds is 3. The maximum Gasteiger partial charge on any atom is 0.241 e. The summed E-state index contributed by atoms with van der Waals surface area (Å²) in [4.78, 5) is 0.441. The van der Waals surface area contributed by atoms with Gasteiger partial charge in [0, 0.05) is 12.1 Å². The van der Waals surface area contributed by atoms with E-state index in [0.29, 0.717) is 10.9 Å². The zero-order chi connectivity index (χ0) is 17.4. The van der Waals surface area contributed by atoms with Crippen LogP contribution in [0.15, 0.2) is 17.0 Å². The molecule has 0 aromatic heterocycles. The van der Waals surface area contributed by atoms with Crippen LogP contribution in [0.2, 0.25) is 0 Å². The van der Waals surface area contributed by atoms with E-state index in [1.54, 1.807) is 0 Å². The van der Waals surface area contributed by atoms with Gasteiger partial charge >= 0.3 is 0 Å². The van der Waals surface area contributed by atoms with Crippen LogP contribution in [0.4, 0.5) is 0 Å². The first-order valence-corrected chi connectivity index (χ1v) is 9.86. The summed E-state index contributed by atoms with van der Waals surface area (Å²) in [6.07, 6.45) is 1.67. The molecule has 1 saturated heterocycles. The third kappa shape index (κ3) is 4.94. The lowest BCUT2D eigenvalue weighted by molar-refractivity contribution is 0.361. The van der Waals surface area contributed by atoms with Crippen molar-refractivity contribution < 1.29 is 8.42 Å². The molecule has 2 rings (SSSR count). The van der Waals surface area contributed by atoms with Gasteiger partial charge in [-0.2, -0.15) is 0 Å². The van der Waals surface area contributed by atoms with Crippen LogP contribution >= 0.6 is 12.4 Å². The Morgan fingerprint density at radius 2 is 1.71 bits per heavy atom. The summed E-state index contributed by atoms with van der Waals surface area (Å²) in [6.45, 7) is 13.2. The lowest BCUT2D eigenvalue weighted by Crippen LogP contribution is -2.46. The standard InChI is InChI=1S/C18H30N2O2S.ClH/c1-12-9-15(18(4,5)6)10-13(2)17(12)23(21,22)20-16-7-8-19-14(3)11-16;/h9-10,14,16,19-20H,7-8,11H2,1-6H3;1H. The molecule has 1 heterocycles. The van der Waals surface area contributed by atoms with Crippen LogP contribution < -0.4 is 10.0 Å². The second-order valence-electron chi connectivity index (χ2n) is 7.89. The zero-order valence-corrected chi connectivity index (χ0v) is 17.2. The largest absolute Gasteiger partial charge is 0.314 e. The number of aryl methyl sites for hydroxylation is 2. The summed E-state index contributed by atoms with van der Waals surface area (Å²) >= 11 is 0. The van der Waals surface area contributed by atoms with E-state index in [1.807, 2.05) is 26.0 Å². The van der Waals surface area contributed by atoms with Crippen molar-refractivity contribution in [1.29, 1.82) is 0 Å². The van der Waals surface area contributed by atoms with E-state index in [4.69, 9.17) is 0 Å². The van der Waals surface area contributed by atoms with Crippen LogP contribution in [-0.4, -0.2) is 27.0 Å². The van der Waals surface area contributed by atoms with E-state index >= 15 is 0 Å². The average Bonchev–Trinajstić information content (AvgIpc) is 2.35. The number of hydrogen-bond acceptors (Lipinski definition) is 3. The first-order chi connectivity index (χ1) is 10.5. The van der Waals surface area contributed by atoms with Crippen LogP contribution in [0.1, 0.15) is 57.2 Å². The number of sulfonamides is 1. The summed E-state index contributed by atoms with van der Waals surface area (Å²) in [5.41, 5.74) is 2.83. The molecule has 0 aliphatic carbocycles. The molecule has 1 aliphatic rings. The minimum Gasteiger partial charge on any atom is -0.314 e. The highest BCUT2D eigenvalue weighted by molar-refractivity contribution is 7.89. The van der Waals surface area contributed by atoms with E-state index in [-0.39, 0.29) is 23.9 Å². The molecule has 2 N–H and O–H groups in total. The van der Waals surface area contributed by atoms with Crippen molar-refractivity contribution in [3.05, 3.63) is 28.8 Å². The molecule has 0 radical (unpaired) electrons. The molecule has 0 bridgehead atoms. The number of halogens is 1. The third-order valence-corrected chi connectivity index (χ3v) is 6.37. The molecule has 0 saturated carbocycles. The Labute approximate surface area is 153 Å². The molecule has 1 aliphatic heterocycles. The topological polar surface area (TPSA) is 58.2 Å². The van der Waals surface area contributed by atoms with E-state index in [2.05, 4.69) is 37.7 Å². The first kappa shape index (κ1) is 21.4. The van der Waals surface area contributed by atoms with Gasteiger partial charge < -0.3 is 5.32 Å². The molecule has 2 atom stereocenters. The molecular weight excluding hydrogens is 344 g/mol. The molecule has 0 amide bonds. The Bertz CT molecular complexity index is 658. The van der Waals surface area contributed by atoms with Gasteiger partial charge in [0.05, 0.1) is 4.90 Å². The van der Waals surface area contributed by atoms with Crippen LogP contribution in [0.3, 0.4) is 0 Å². The van der Waals surface area contributed by atoms with Crippen LogP contribution in [0, 0.1) is 13.8 Å². The van der Waals surface area contributed by atoms with Crippen molar-refractivity contribution in [2.45, 2.75) is 76.8 Å². The zero-order valence-electron chi connectivity index (χ0n) is 15.6. The van der Waals surface area contributed by atoms with Crippen LogP contribution in [0.25, 0.3) is 0 Å². The molecule has 4 nitrogen and oxygen atoms in total. The fraction of sp³-hybridized carbons (Fsp3) is 0.667. The highest BCUT2D eigenvalue weighted by atomic mass is 35.5. The van der Waals surface area contributed by atoms with Crippen molar-refractivity contribution in [3.8, 4) is 0 Å². The molecular formula is C18H31ClN2O2S. The molecule has 0 spiro atoms. The Morgan fingerprint density at radius 3 is 2.17 bits per heavy atom. The summed E-state index contributed by atoms with van der Waals surface area (Å²) in [5.74, 6) is 0. The van der Waals surface area contributed by atoms with Crippen molar-refractivity contribution in [1.82, 2.24) is 10.0 Å². The first-order valence-electron chi connectivity index (χ1n) is 8.38. The lowest BCUT2D eigenvalue weighted by Gasteiger charge is -2.29. The molecule has 24 heavy (non-hydrogen) atoms. The van der Waals surface area contributed by atoms with Gasteiger partial charge in [-0.15, -0.1) is 12.4 Å². The van der Waals surface area contributed by atoms with Gasteiger partial charge in [-0.1, -0.05) is 32.9 Å². The quantitative estimate of drug-likeness (QED) is 0.851. The highest BCUT2D eigenvalue weighted by Gasteiger charge is 2.27. The highest BCUT2D eigenvalue weighted by Crippen LogP contribution is 2.29. The molecule has 1 fully saturated rings. The minimum absolute atomic E-state index is 0. The van der Waals surface area contributed by atoms with Gasteiger partial charge in [0.25, 0.3) is 0 Å². The van der Waals surface area contributed by atoms with E-state index in [9.17, 15) is 8.42 Å². The van der Waals surface area contributed by atoms with Crippen LogP contribution in [-0.2, 0) is 15.4 Å². The average molecular weight is 375 g/mol. The number of benzene rings is 1. The monoisotopic (exact) mass is 374 g/mol. The van der Waals surface area contributed by atoms with E-state index in [0.717, 1.165) is 30.5 Å². The molecule has 1 aromatic carbocycles. The van der Waals surface area contributed by atoms with Crippen molar-refractivity contribution in [2.75, 3.05) is 6.54 Å². The van der Waals surface area contributed by atoms with E-state index < -0.39 is 10.0 Å². The molecule has 6 heteroatoms. The van der Waals surface area contributed by atoms with Gasteiger partial charge in [-0.3, -0.25) is 0 Å². The molecule has 2 unspecified atom stereocenters. The van der Waals surface area contributed by atoms with Crippen molar-refractivity contribution in [3.63, 3.8) is 0 Å². The lowest BCUT2D eigenvalue weighted by atomic mass is 9.85. The predicted molar refractivity (Wildman–Crippen MR) is 103 cm³/mol. The third-order valence-electron chi connectivity index (χ3n) is 4.54. The summed E-state index contributed by atoms with van der Waals surface area (Å²) < 4.78 is 28.7. The van der Waals surface area contributed by atoms with E-state index in [1.165, 1.54) is 5.56 Å². The maximum absolute atomic E-state index is 12.9. The maximum atomic E-state index is 12.9. The SMILES string of the molecule is Cc1cc(C(C)(C)C)cc(C)c1S(=O)(=O)NC1CCNC(C)C1.Cl. The van der Waals surface area contributed by atoms with Crippen LogP contribution in [0.5, 0.6) is 0 Å². The number of piperidine rings is 1. The van der Waals surface area contributed by atoms with Gasteiger partial charge in [-0.25, -0.2) is 13.1 Å². The normalized spacial score (nSPS) is 22.1. The summed E-state index contributed by atoms with van der Waals surface area (Å²) in [7, 11) is -3.48. The van der Waals surface area contributed by atoms with Gasteiger partial charge in [0.2, 0.25) is 10.0 Å². The molecule has 1 aromatic rings. The summed E-state index contributed by atoms with van der Waals surface area (Å²) in [6, 6.07) is 4.37. The Kier molecular flexibility index (Phi) is 6.90. The fourth-order valence-corrected chi connectivity index (χ4v) is 5.06. The Balaban J connectivity index is 0.00000288. The van der Waals surface area contributed by atoms with Gasteiger partial charge in [0.1, 0.15) is 0 Å². The fourth-order valence-electron chi connectivity index (χ4n) is 3.32. The van der Waals surface area contributed by atoms with Crippen molar-refractivity contribution >= 4 is 22.4 Å². The smallest absolute Gasteiger partial charge is 0.241 e. The number of hydrogen-bond donors (Lipinski definition) is 2. The second kappa shape index (κ2) is 7.73. The predicted octanol–water partition coefficient (Wildman–Crippen LogP) is 3.44. The molecule has 138 valence electrons. The Morgan fingerprint density at radius 1 is 1.17 bits per heavy atom. The second-order valence-corrected chi connectivity index (χ2v) is 9.54. The summed E-state index contributed by atoms with van der Waals surface area (Å²) in [5, 5.41) is 3.35. The Hall–Kier alpha value is -0.620. The minimum atomic E-state index is -3.48. The number of nitrogens with one attached hydrogen (secondary N) is 2.